The number of hydrogen-bond donors (Lipinski definition) is 3. The first kappa shape index (κ1) is 42.6. The van der Waals surface area contributed by atoms with Gasteiger partial charge in [-0.15, -0.1) is 23.7 Å². The van der Waals surface area contributed by atoms with Gasteiger partial charge in [0.2, 0.25) is 5.91 Å². The molecule has 0 aliphatic heterocycles. The van der Waals surface area contributed by atoms with Crippen molar-refractivity contribution in [2.45, 2.75) is 64.0 Å². The van der Waals surface area contributed by atoms with Crippen LogP contribution in [0.3, 0.4) is 0 Å². The molecule has 2 aliphatic rings. The number of likely N-dealkylation sites (N-methyl/N-ethyl adjacent to an activating group) is 1. The second kappa shape index (κ2) is 20.5. The lowest BCUT2D eigenvalue weighted by Gasteiger charge is -2.26. The molecular formula is C43H51ClN4O7S. The minimum Gasteiger partial charge on any atom is -0.478 e. The molecule has 0 spiro atoms. The summed E-state index contributed by atoms with van der Waals surface area (Å²) >= 11 is 1.50. The number of methoxy groups -OCH3 is 1. The number of benzene rings is 3. The lowest BCUT2D eigenvalue weighted by atomic mass is 9.95. The molecule has 298 valence electrons. The minimum atomic E-state index is -0.938. The Bertz CT molecular complexity index is 1960. The number of carbonyl (C=O) groups excluding carboxylic acids is 3. The molecule has 0 bridgehead atoms. The van der Waals surface area contributed by atoms with Crippen LogP contribution in [0.15, 0.2) is 72.8 Å². The highest BCUT2D eigenvalue weighted by Crippen LogP contribution is 2.39. The minimum absolute atomic E-state index is 0. The fourth-order valence-corrected chi connectivity index (χ4v) is 8.09. The number of halogens is 1. The van der Waals surface area contributed by atoms with Gasteiger partial charge >= 0.3 is 5.97 Å². The van der Waals surface area contributed by atoms with Gasteiger partial charge in [-0.1, -0.05) is 36.4 Å². The van der Waals surface area contributed by atoms with Gasteiger partial charge in [0.1, 0.15) is 11.6 Å². The number of aryl methyl sites for hydroxylation is 3. The molecule has 3 N–H and O–H groups in total. The van der Waals surface area contributed by atoms with Gasteiger partial charge in [0.15, 0.2) is 0 Å². The number of carboxylic acids is 1. The molecule has 1 saturated carbocycles. The molecule has 1 fully saturated rings. The number of hydrogen-bond acceptors (Lipinski definition) is 8. The molecule has 0 saturated heterocycles. The van der Waals surface area contributed by atoms with E-state index < -0.39 is 5.97 Å². The van der Waals surface area contributed by atoms with Crippen LogP contribution in [0.4, 0.5) is 10.7 Å². The molecule has 3 amide bonds. The normalized spacial score (nSPS) is 13.4. The summed E-state index contributed by atoms with van der Waals surface area (Å²) < 4.78 is 10.4. The zero-order valence-corrected chi connectivity index (χ0v) is 33.6. The Labute approximate surface area is 338 Å². The van der Waals surface area contributed by atoms with E-state index in [0.29, 0.717) is 60.7 Å². The van der Waals surface area contributed by atoms with E-state index in [2.05, 4.69) is 15.5 Å². The van der Waals surface area contributed by atoms with E-state index >= 15 is 0 Å². The van der Waals surface area contributed by atoms with Crippen molar-refractivity contribution in [1.82, 2.24) is 9.80 Å². The number of anilines is 2. The van der Waals surface area contributed by atoms with Gasteiger partial charge < -0.3 is 30.1 Å². The number of amides is 3. The van der Waals surface area contributed by atoms with Gasteiger partial charge in [-0.2, -0.15) is 0 Å². The summed E-state index contributed by atoms with van der Waals surface area (Å²) in [7, 11) is 3.39. The quantitative estimate of drug-likeness (QED) is 0.0853. The number of nitrogens with one attached hydrogen (secondary N) is 2. The van der Waals surface area contributed by atoms with Gasteiger partial charge in [-0.3, -0.25) is 19.3 Å². The Kier molecular flexibility index (Phi) is 15.6. The summed E-state index contributed by atoms with van der Waals surface area (Å²) in [5.74, 6) is -1.50. The molecule has 3 aromatic carbocycles. The van der Waals surface area contributed by atoms with Crippen molar-refractivity contribution in [3.8, 4) is 0 Å². The van der Waals surface area contributed by atoms with Gasteiger partial charge in [0.05, 0.1) is 24.3 Å². The summed E-state index contributed by atoms with van der Waals surface area (Å²) in [5, 5.41) is 15.9. The van der Waals surface area contributed by atoms with Crippen LogP contribution in [0.2, 0.25) is 0 Å². The third kappa shape index (κ3) is 11.7. The summed E-state index contributed by atoms with van der Waals surface area (Å²) in [6, 6.07) is 22.8. The van der Waals surface area contributed by atoms with E-state index in [1.54, 1.807) is 37.3 Å². The van der Waals surface area contributed by atoms with Crippen molar-refractivity contribution in [1.29, 1.82) is 0 Å². The predicted molar refractivity (Wildman–Crippen MR) is 222 cm³/mol. The molecule has 13 heteroatoms. The monoisotopic (exact) mass is 802 g/mol. The number of thiophene rings is 1. The third-order valence-electron chi connectivity index (χ3n) is 10.2. The fourth-order valence-electron chi connectivity index (χ4n) is 6.81. The van der Waals surface area contributed by atoms with Gasteiger partial charge in [0.25, 0.3) is 11.8 Å². The molecule has 1 heterocycles. The van der Waals surface area contributed by atoms with Crippen LogP contribution in [0, 0.1) is 0 Å². The average molecular weight is 803 g/mol. The lowest BCUT2D eigenvalue weighted by Crippen LogP contribution is -2.38. The first-order chi connectivity index (χ1) is 26.7. The lowest BCUT2D eigenvalue weighted by molar-refractivity contribution is -0.135. The van der Waals surface area contributed by atoms with Crippen molar-refractivity contribution in [3.63, 3.8) is 0 Å². The predicted octanol–water partition coefficient (Wildman–Crippen LogP) is 7.12. The van der Waals surface area contributed by atoms with E-state index in [1.165, 1.54) is 11.3 Å². The van der Waals surface area contributed by atoms with E-state index in [1.807, 2.05) is 54.6 Å². The number of carbonyl (C=O) groups is 4. The Morgan fingerprint density at radius 3 is 2.20 bits per heavy atom. The Morgan fingerprint density at radius 1 is 0.821 bits per heavy atom. The maximum absolute atomic E-state index is 13.9. The van der Waals surface area contributed by atoms with E-state index in [9.17, 15) is 19.2 Å². The molecule has 11 nitrogen and oxygen atoms in total. The van der Waals surface area contributed by atoms with Crippen molar-refractivity contribution >= 4 is 58.1 Å². The number of nitrogens with zero attached hydrogens (tertiary/aromatic N) is 2. The number of aromatic carboxylic acids is 1. The van der Waals surface area contributed by atoms with E-state index in [-0.39, 0.29) is 42.3 Å². The third-order valence-corrected chi connectivity index (χ3v) is 11.4. The maximum Gasteiger partial charge on any atom is 0.335 e. The van der Waals surface area contributed by atoms with E-state index in [4.69, 9.17) is 14.6 Å². The van der Waals surface area contributed by atoms with Crippen molar-refractivity contribution < 1.29 is 33.8 Å². The average Bonchev–Trinajstić information content (AvgIpc) is 3.98. The summed E-state index contributed by atoms with van der Waals surface area (Å²) in [6.45, 7) is 2.82. The number of ether oxygens (including phenoxy) is 2. The molecule has 4 aromatic rings. The second-order valence-electron chi connectivity index (χ2n) is 14.3. The molecule has 1 aromatic heterocycles. The highest BCUT2D eigenvalue weighted by molar-refractivity contribution is 7.17. The van der Waals surface area contributed by atoms with Gasteiger partial charge in [0, 0.05) is 56.0 Å². The van der Waals surface area contributed by atoms with Crippen LogP contribution in [-0.2, 0) is 46.5 Å². The van der Waals surface area contributed by atoms with Crippen molar-refractivity contribution in [3.05, 3.63) is 117 Å². The largest absolute Gasteiger partial charge is 0.478 e. The topological polar surface area (TPSA) is 138 Å². The molecule has 0 unspecified atom stereocenters. The number of fused-ring (bicyclic) bond motifs is 1. The SMILES string of the molecule is COCCOCC(=O)N(C)CCN(Cc1cccc(C(=O)Nc2sc3c(c2C(=O)Nc2ccc(CCc4ccc(C(=O)O)cc4)cc2)CCCC3)c1)C1CC1.Cl. The first-order valence-electron chi connectivity index (χ1n) is 19.0. The first-order valence-corrected chi connectivity index (χ1v) is 19.8. The van der Waals surface area contributed by atoms with Gasteiger partial charge in [-0.05, 0) is 110 Å². The maximum atomic E-state index is 13.9. The molecule has 2 aliphatic carbocycles. The summed E-state index contributed by atoms with van der Waals surface area (Å²) in [5.41, 5.74) is 6.21. The van der Waals surface area contributed by atoms with Gasteiger partial charge in [-0.25, -0.2) is 4.79 Å². The highest BCUT2D eigenvalue weighted by atomic mass is 35.5. The number of carboxylic acid groups (broad SMARTS) is 1. The van der Waals surface area contributed by atoms with Crippen LogP contribution in [-0.4, -0.2) is 91.7 Å². The van der Waals surface area contributed by atoms with Crippen LogP contribution in [0.5, 0.6) is 0 Å². The highest BCUT2D eigenvalue weighted by Gasteiger charge is 2.30. The molecule has 56 heavy (non-hydrogen) atoms. The Hall–Kier alpha value is -4.59. The zero-order valence-electron chi connectivity index (χ0n) is 32.0. The number of rotatable bonds is 19. The standard InChI is InChI=1S/C43H50N4O7S.ClH/c1-46(38(48)28-54-25-24-53-2)22-23-47(35-20-21-35)27-31-6-5-7-33(26-31)40(49)45-42-39(36-8-3-4-9-37(36)55-42)41(50)44-34-18-14-30(15-19-34)11-10-29-12-16-32(17-13-29)43(51)52;/h5-7,12-19,26,35H,3-4,8-11,20-25,27-28H2,1-2H3,(H,44,50)(H,45,49)(H,51,52);1H. The zero-order chi connectivity index (χ0) is 38.7. The molecular weight excluding hydrogens is 752 g/mol. The smallest absolute Gasteiger partial charge is 0.335 e. The summed E-state index contributed by atoms with van der Waals surface area (Å²) in [4.78, 5) is 56.5. The fraction of sp³-hybridized carbons (Fsp3) is 0.395. The Balaban J connectivity index is 0.00000600. The van der Waals surface area contributed by atoms with Crippen molar-refractivity contribution in [2.24, 2.45) is 0 Å². The van der Waals surface area contributed by atoms with Crippen LogP contribution in [0.25, 0.3) is 0 Å². The van der Waals surface area contributed by atoms with E-state index in [0.717, 1.165) is 78.5 Å². The van der Waals surface area contributed by atoms with Crippen LogP contribution >= 0.6 is 23.7 Å². The van der Waals surface area contributed by atoms with Crippen LogP contribution in [0.1, 0.15) is 83.9 Å². The summed E-state index contributed by atoms with van der Waals surface area (Å²) in [6.07, 6.45) is 7.51. The Morgan fingerprint density at radius 2 is 1.52 bits per heavy atom. The van der Waals surface area contributed by atoms with Crippen molar-refractivity contribution in [2.75, 3.05) is 57.7 Å². The van der Waals surface area contributed by atoms with Crippen LogP contribution < -0.4 is 10.6 Å². The second-order valence-corrected chi connectivity index (χ2v) is 15.4. The molecule has 0 atom stereocenters. The molecule has 0 radical (unpaired) electrons. The molecule has 6 rings (SSSR count).